The molecule has 2 aliphatic rings. The zero-order valence-corrected chi connectivity index (χ0v) is 19.7. The molecule has 2 aliphatic heterocycles. The number of nitrogens with zero attached hydrogens (tertiary/aromatic N) is 2. The van der Waals surface area contributed by atoms with Crippen molar-refractivity contribution >= 4 is 35.5 Å². The number of carbonyl (C=O) groups is 6. The molecule has 0 spiro atoms. The maximum absolute atomic E-state index is 13.0. The Morgan fingerprint density at radius 3 is 2.26 bits per heavy atom. The number of rotatable bonds is 9. The molecular weight excluding hydrogens is 456 g/mol. The van der Waals surface area contributed by atoms with E-state index < -0.39 is 59.7 Å². The van der Waals surface area contributed by atoms with E-state index in [0.29, 0.717) is 12.8 Å². The summed E-state index contributed by atoms with van der Waals surface area (Å²) in [4.78, 5) is 76.3. The van der Waals surface area contributed by atoms with E-state index in [1.165, 1.54) is 18.7 Å². The summed E-state index contributed by atoms with van der Waals surface area (Å²) in [6.07, 6.45) is 1.12. The molecule has 5 amide bonds. The molecule has 1 aromatic rings. The van der Waals surface area contributed by atoms with Crippen LogP contribution in [0.3, 0.4) is 0 Å². The van der Waals surface area contributed by atoms with Gasteiger partial charge >= 0.3 is 5.97 Å². The Kier molecular flexibility index (Phi) is 8.21. The van der Waals surface area contributed by atoms with Gasteiger partial charge in [0.05, 0.1) is 0 Å². The minimum atomic E-state index is -1.18. The van der Waals surface area contributed by atoms with Crippen molar-refractivity contribution in [1.29, 1.82) is 0 Å². The van der Waals surface area contributed by atoms with E-state index in [2.05, 4.69) is 10.6 Å². The van der Waals surface area contributed by atoms with Gasteiger partial charge in [-0.15, -0.1) is 0 Å². The lowest BCUT2D eigenvalue weighted by Gasteiger charge is -2.29. The summed E-state index contributed by atoms with van der Waals surface area (Å²) in [6.45, 7) is 3.16. The van der Waals surface area contributed by atoms with Gasteiger partial charge in [-0.25, -0.2) is 4.79 Å². The predicted molar refractivity (Wildman–Crippen MR) is 123 cm³/mol. The second-order valence-electron chi connectivity index (χ2n) is 8.84. The highest BCUT2D eigenvalue weighted by atomic mass is 16.4. The molecule has 0 aromatic heterocycles. The van der Waals surface area contributed by atoms with Gasteiger partial charge in [-0.1, -0.05) is 30.3 Å². The Balaban J connectivity index is 1.61. The molecule has 2 saturated heterocycles. The number of hydrogen-bond acceptors (Lipinski definition) is 6. The van der Waals surface area contributed by atoms with Gasteiger partial charge in [0.1, 0.15) is 24.2 Å². The third-order valence-corrected chi connectivity index (χ3v) is 6.32. The van der Waals surface area contributed by atoms with Gasteiger partial charge < -0.3 is 20.6 Å². The Hall–Kier alpha value is -3.76. The number of aliphatic carboxylic acids is 1. The number of benzene rings is 1. The Labute approximate surface area is 202 Å². The lowest BCUT2D eigenvalue weighted by atomic mass is 10.1. The van der Waals surface area contributed by atoms with Crippen LogP contribution in [-0.4, -0.2) is 81.1 Å². The first-order valence-corrected chi connectivity index (χ1v) is 11.6. The summed E-state index contributed by atoms with van der Waals surface area (Å²) < 4.78 is 0. The number of carbonyl (C=O) groups excluding carboxylic acids is 5. The van der Waals surface area contributed by atoms with E-state index in [0.717, 1.165) is 10.5 Å². The number of amides is 5. The first kappa shape index (κ1) is 25.9. The van der Waals surface area contributed by atoms with Crippen LogP contribution in [0.1, 0.15) is 45.1 Å². The van der Waals surface area contributed by atoms with Crippen molar-refractivity contribution in [2.75, 3.05) is 6.54 Å². The van der Waals surface area contributed by atoms with Gasteiger partial charge in [0, 0.05) is 25.8 Å². The van der Waals surface area contributed by atoms with Crippen molar-refractivity contribution in [1.82, 2.24) is 20.4 Å². The highest BCUT2D eigenvalue weighted by molar-refractivity contribution is 6.06. The first-order valence-electron chi connectivity index (χ1n) is 11.6. The van der Waals surface area contributed by atoms with Crippen molar-refractivity contribution in [2.24, 2.45) is 0 Å². The molecule has 3 N–H and O–H groups in total. The van der Waals surface area contributed by atoms with E-state index in [4.69, 9.17) is 0 Å². The number of carboxylic acids is 1. The van der Waals surface area contributed by atoms with E-state index in [1.807, 2.05) is 0 Å². The molecule has 11 heteroatoms. The third kappa shape index (κ3) is 6.03. The fourth-order valence-corrected chi connectivity index (χ4v) is 4.41. The maximum Gasteiger partial charge on any atom is 0.326 e. The zero-order valence-electron chi connectivity index (χ0n) is 19.7. The molecular formula is C24H30N4O7. The summed E-state index contributed by atoms with van der Waals surface area (Å²) in [7, 11) is 0. The fourth-order valence-electron chi connectivity index (χ4n) is 4.41. The average Bonchev–Trinajstić information content (AvgIpc) is 3.44. The molecule has 0 bridgehead atoms. The zero-order chi connectivity index (χ0) is 25.7. The molecule has 4 atom stereocenters. The van der Waals surface area contributed by atoms with Crippen molar-refractivity contribution in [3.05, 3.63) is 35.9 Å². The summed E-state index contributed by atoms with van der Waals surface area (Å²) in [5.74, 6) is -3.77. The van der Waals surface area contributed by atoms with E-state index >= 15 is 0 Å². The van der Waals surface area contributed by atoms with E-state index in [-0.39, 0.29) is 25.8 Å². The van der Waals surface area contributed by atoms with Crippen molar-refractivity contribution in [2.45, 2.75) is 70.1 Å². The lowest BCUT2D eigenvalue weighted by molar-refractivity contribution is -0.147. The highest BCUT2D eigenvalue weighted by Crippen LogP contribution is 2.20. The Bertz CT molecular complexity index is 996. The Morgan fingerprint density at radius 1 is 1.03 bits per heavy atom. The van der Waals surface area contributed by atoms with Crippen LogP contribution in [0.5, 0.6) is 0 Å². The standard InChI is InChI=1S/C24H30N4O7/c1-14(25-21(31)15(2)28-19(29)10-11-20(28)30)23(33)27-12-6-9-18(27)22(32)26-17(24(34)35)13-16-7-4-3-5-8-16/h3-5,7-8,14-15,17-18H,6,9-13H2,1-2H3,(H,25,31)(H,26,32)(H,34,35)/t14-,15-,17-,18-/m0/s1. The fraction of sp³-hybridized carbons (Fsp3) is 0.500. The van der Waals surface area contributed by atoms with Gasteiger partial charge in [-0.2, -0.15) is 0 Å². The molecule has 3 rings (SSSR count). The lowest BCUT2D eigenvalue weighted by Crippen LogP contribution is -2.56. The summed E-state index contributed by atoms with van der Waals surface area (Å²) in [5, 5.41) is 14.6. The number of carboxylic acid groups (broad SMARTS) is 1. The molecule has 0 radical (unpaired) electrons. The minimum absolute atomic E-state index is 0.0527. The predicted octanol–water partition coefficient (Wildman–Crippen LogP) is -0.168. The molecule has 0 unspecified atom stereocenters. The van der Waals surface area contributed by atoms with Crippen LogP contribution in [0, 0.1) is 0 Å². The third-order valence-electron chi connectivity index (χ3n) is 6.32. The van der Waals surface area contributed by atoms with Crippen LogP contribution in [0.25, 0.3) is 0 Å². The van der Waals surface area contributed by atoms with Crippen molar-refractivity contribution < 1.29 is 33.9 Å². The molecule has 35 heavy (non-hydrogen) atoms. The second-order valence-corrected chi connectivity index (χ2v) is 8.84. The molecule has 2 fully saturated rings. The van der Waals surface area contributed by atoms with Gasteiger partial charge in [-0.05, 0) is 32.3 Å². The molecule has 0 saturated carbocycles. The monoisotopic (exact) mass is 486 g/mol. The van der Waals surface area contributed by atoms with E-state index in [1.54, 1.807) is 30.3 Å². The van der Waals surface area contributed by atoms with Crippen LogP contribution in [0.4, 0.5) is 0 Å². The minimum Gasteiger partial charge on any atom is -0.480 e. The number of imide groups is 1. The second kappa shape index (κ2) is 11.1. The topological polar surface area (TPSA) is 153 Å². The highest BCUT2D eigenvalue weighted by Gasteiger charge is 2.40. The molecule has 0 aliphatic carbocycles. The summed E-state index contributed by atoms with van der Waals surface area (Å²) in [6, 6.07) is 4.81. The first-order chi connectivity index (χ1) is 16.6. The molecule has 188 valence electrons. The molecule has 11 nitrogen and oxygen atoms in total. The van der Waals surface area contributed by atoms with Gasteiger partial charge in [0.15, 0.2) is 0 Å². The van der Waals surface area contributed by atoms with Crippen LogP contribution >= 0.6 is 0 Å². The average molecular weight is 487 g/mol. The summed E-state index contributed by atoms with van der Waals surface area (Å²) >= 11 is 0. The van der Waals surface area contributed by atoms with Gasteiger partial charge in [0.2, 0.25) is 29.5 Å². The van der Waals surface area contributed by atoms with Crippen molar-refractivity contribution in [3.8, 4) is 0 Å². The number of likely N-dealkylation sites (tertiary alicyclic amines) is 2. The van der Waals surface area contributed by atoms with Gasteiger partial charge in [0.25, 0.3) is 0 Å². The largest absolute Gasteiger partial charge is 0.480 e. The van der Waals surface area contributed by atoms with Crippen LogP contribution < -0.4 is 10.6 Å². The maximum atomic E-state index is 13.0. The Morgan fingerprint density at radius 2 is 1.66 bits per heavy atom. The SMILES string of the molecule is C[C@H](NC(=O)[C@H](C)N1C(=O)CCC1=O)C(=O)N1CCC[C@H]1C(=O)N[C@@H](Cc1ccccc1)C(=O)O. The van der Waals surface area contributed by atoms with Crippen molar-refractivity contribution in [3.63, 3.8) is 0 Å². The number of hydrogen-bond donors (Lipinski definition) is 3. The number of nitrogens with one attached hydrogen (secondary N) is 2. The molecule has 1 aromatic carbocycles. The van der Waals surface area contributed by atoms with Crippen LogP contribution in [0.2, 0.25) is 0 Å². The van der Waals surface area contributed by atoms with Gasteiger partial charge in [-0.3, -0.25) is 28.9 Å². The smallest absolute Gasteiger partial charge is 0.326 e. The van der Waals surface area contributed by atoms with E-state index in [9.17, 15) is 33.9 Å². The van der Waals surface area contributed by atoms with Crippen LogP contribution in [0.15, 0.2) is 30.3 Å². The normalized spacial score (nSPS) is 20.3. The quantitative estimate of drug-likeness (QED) is 0.410. The van der Waals surface area contributed by atoms with Crippen LogP contribution in [-0.2, 0) is 35.2 Å². The summed E-state index contributed by atoms with van der Waals surface area (Å²) in [5.41, 5.74) is 0.750. The molecule has 2 heterocycles.